The molecule has 1 amide bonds. The summed E-state index contributed by atoms with van der Waals surface area (Å²) in [6, 6.07) is 11.5. The van der Waals surface area contributed by atoms with Crippen LogP contribution in [0.1, 0.15) is 33.0 Å². The van der Waals surface area contributed by atoms with Crippen molar-refractivity contribution < 1.29 is 13.9 Å². The second-order valence-electron chi connectivity index (χ2n) is 7.54. The molecule has 31 heavy (non-hydrogen) atoms. The molecule has 7 nitrogen and oxygen atoms in total. The third-order valence-electron chi connectivity index (χ3n) is 5.43. The lowest BCUT2D eigenvalue weighted by Crippen LogP contribution is -2.28. The van der Waals surface area contributed by atoms with E-state index >= 15 is 0 Å². The number of aryl methyl sites for hydroxylation is 1. The molecule has 1 aliphatic heterocycles. The SMILES string of the molecule is Cc1nc2c(c(=O)n1C)CN(C(=O)c1cc(Oc3ccc(CCN)cc3)ccc1F)C2. The highest BCUT2D eigenvalue weighted by Gasteiger charge is 2.30. The Morgan fingerprint density at radius 3 is 2.58 bits per heavy atom. The number of rotatable bonds is 5. The van der Waals surface area contributed by atoms with E-state index in [-0.39, 0.29) is 24.2 Å². The Bertz CT molecular complexity index is 1200. The Morgan fingerprint density at radius 1 is 1.16 bits per heavy atom. The van der Waals surface area contributed by atoms with Crippen LogP contribution in [-0.2, 0) is 26.6 Å². The predicted octanol–water partition coefficient (Wildman–Crippen LogP) is 2.68. The fourth-order valence-electron chi connectivity index (χ4n) is 3.60. The molecule has 1 aromatic heterocycles. The third-order valence-corrected chi connectivity index (χ3v) is 5.43. The molecule has 8 heteroatoms. The molecule has 2 aromatic carbocycles. The molecule has 0 spiro atoms. The summed E-state index contributed by atoms with van der Waals surface area (Å²) in [6.07, 6.45) is 0.769. The number of amides is 1. The van der Waals surface area contributed by atoms with Gasteiger partial charge in [-0.1, -0.05) is 12.1 Å². The molecule has 1 aliphatic rings. The van der Waals surface area contributed by atoms with Crippen LogP contribution in [0.15, 0.2) is 47.3 Å². The van der Waals surface area contributed by atoms with E-state index in [9.17, 15) is 14.0 Å². The molecule has 2 heterocycles. The van der Waals surface area contributed by atoms with Gasteiger partial charge in [0.25, 0.3) is 11.5 Å². The zero-order chi connectivity index (χ0) is 22.1. The topological polar surface area (TPSA) is 90.5 Å². The molecule has 160 valence electrons. The number of benzene rings is 2. The molecule has 0 saturated carbocycles. The normalized spacial score (nSPS) is 12.7. The van der Waals surface area contributed by atoms with Gasteiger partial charge in [0, 0.05) is 7.05 Å². The number of nitrogens with two attached hydrogens (primary N) is 1. The highest BCUT2D eigenvalue weighted by atomic mass is 19.1. The summed E-state index contributed by atoms with van der Waals surface area (Å²) >= 11 is 0. The van der Waals surface area contributed by atoms with Crippen LogP contribution >= 0.6 is 0 Å². The first kappa shape index (κ1) is 20.7. The number of carbonyl (C=O) groups is 1. The van der Waals surface area contributed by atoms with Crippen molar-refractivity contribution in [3.63, 3.8) is 0 Å². The minimum Gasteiger partial charge on any atom is -0.457 e. The van der Waals surface area contributed by atoms with Gasteiger partial charge in [0.2, 0.25) is 0 Å². The smallest absolute Gasteiger partial charge is 0.258 e. The minimum absolute atomic E-state index is 0.0985. The fourth-order valence-corrected chi connectivity index (χ4v) is 3.60. The zero-order valence-corrected chi connectivity index (χ0v) is 17.4. The van der Waals surface area contributed by atoms with Crippen LogP contribution in [-0.4, -0.2) is 26.9 Å². The maximum Gasteiger partial charge on any atom is 0.258 e. The van der Waals surface area contributed by atoms with Crippen molar-refractivity contribution in [1.82, 2.24) is 14.5 Å². The fraction of sp³-hybridized carbons (Fsp3) is 0.261. The van der Waals surface area contributed by atoms with Crippen LogP contribution in [0.25, 0.3) is 0 Å². The summed E-state index contributed by atoms with van der Waals surface area (Å²) in [5.74, 6) is 0.320. The van der Waals surface area contributed by atoms with E-state index in [1.165, 1.54) is 27.7 Å². The van der Waals surface area contributed by atoms with Crippen molar-refractivity contribution in [2.45, 2.75) is 26.4 Å². The Kier molecular flexibility index (Phi) is 5.56. The van der Waals surface area contributed by atoms with Gasteiger partial charge < -0.3 is 15.4 Å². The Morgan fingerprint density at radius 2 is 1.87 bits per heavy atom. The van der Waals surface area contributed by atoms with E-state index in [1.807, 2.05) is 12.1 Å². The average molecular weight is 422 g/mol. The quantitative estimate of drug-likeness (QED) is 0.683. The number of nitrogens with zero attached hydrogens (tertiary/aromatic N) is 3. The van der Waals surface area contributed by atoms with Crippen LogP contribution < -0.4 is 16.0 Å². The molecule has 3 aromatic rings. The maximum absolute atomic E-state index is 14.5. The van der Waals surface area contributed by atoms with Crippen molar-refractivity contribution in [1.29, 1.82) is 0 Å². The number of aromatic nitrogens is 2. The number of halogens is 1. The van der Waals surface area contributed by atoms with Gasteiger partial charge >= 0.3 is 0 Å². The van der Waals surface area contributed by atoms with Crippen LogP contribution in [0, 0.1) is 12.7 Å². The van der Waals surface area contributed by atoms with Gasteiger partial charge in [-0.25, -0.2) is 9.37 Å². The first-order chi connectivity index (χ1) is 14.9. The Labute approximate surface area is 178 Å². The summed E-state index contributed by atoms with van der Waals surface area (Å²) in [6.45, 7) is 2.56. The first-order valence-electron chi connectivity index (χ1n) is 9.98. The predicted molar refractivity (Wildman–Crippen MR) is 113 cm³/mol. The van der Waals surface area contributed by atoms with Crippen LogP contribution in [0.2, 0.25) is 0 Å². The van der Waals surface area contributed by atoms with Gasteiger partial charge in [0.15, 0.2) is 0 Å². The lowest BCUT2D eigenvalue weighted by molar-refractivity contribution is 0.0745. The number of fused-ring (bicyclic) bond motifs is 1. The first-order valence-corrected chi connectivity index (χ1v) is 9.98. The van der Waals surface area contributed by atoms with E-state index in [4.69, 9.17) is 10.5 Å². The second kappa shape index (κ2) is 8.31. The van der Waals surface area contributed by atoms with Crippen molar-refractivity contribution in [2.24, 2.45) is 12.8 Å². The van der Waals surface area contributed by atoms with Gasteiger partial charge in [-0.05, 0) is 55.8 Å². The number of carbonyl (C=O) groups excluding carboxylic acids is 1. The van der Waals surface area contributed by atoms with E-state index in [1.54, 1.807) is 26.1 Å². The highest BCUT2D eigenvalue weighted by molar-refractivity contribution is 5.95. The number of hydrogen-bond acceptors (Lipinski definition) is 5. The van der Waals surface area contributed by atoms with Gasteiger partial charge in [-0.3, -0.25) is 14.2 Å². The number of hydrogen-bond donors (Lipinski definition) is 1. The third kappa shape index (κ3) is 4.06. The lowest BCUT2D eigenvalue weighted by atomic mass is 10.1. The minimum atomic E-state index is -0.649. The standard InChI is InChI=1S/C23H23FN4O3/c1-14-26-21-13-28(12-19(21)22(29)27(14)2)23(30)18-11-17(7-8-20(18)24)31-16-5-3-15(4-6-16)9-10-25/h3-8,11H,9-10,12-13,25H2,1-2H3. The van der Waals surface area contributed by atoms with Crippen LogP contribution in [0.4, 0.5) is 4.39 Å². The molecular weight excluding hydrogens is 399 g/mol. The summed E-state index contributed by atoms with van der Waals surface area (Å²) in [5, 5.41) is 0. The highest BCUT2D eigenvalue weighted by Crippen LogP contribution is 2.27. The largest absolute Gasteiger partial charge is 0.457 e. The Hall–Kier alpha value is -3.52. The van der Waals surface area contributed by atoms with Crippen molar-refractivity contribution in [3.8, 4) is 11.5 Å². The maximum atomic E-state index is 14.5. The van der Waals surface area contributed by atoms with Crippen molar-refractivity contribution >= 4 is 5.91 Å². The summed E-state index contributed by atoms with van der Waals surface area (Å²) < 4.78 is 21.7. The molecule has 0 bridgehead atoms. The summed E-state index contributed by atoms with van der Waals surface area (Å²) in [7, 11) is 1.64. The van der Waals surface area contributed by atoms with E-state index < -0.39 is 11.7 Å². The number of ether oxygens (including phenoxy) is 1. The molecule has 0 atom stereocenters. The molecule has 0 fully saturated rings. The van der Waals surface area contributed by atoms with Crippen LogP contribution in [0.5, 0.6) is 11.5 Å². The van der Waals surface area contributed by atoms with Crippen molar-refractivity contribution in [2.75, 3.05) is 6.54 Å². The molecule has 0 unspecified atom stereocenters. The summed E-state index contributed by atoms with van der Waals surface area (Å²) in [5.41, 5.74) is 7.37. The molecule has 2 N–H and O–H groups in total. The van der Waals surface area contributed by atoms with Gasteiger partial charge in [0.1, 0.15) is 23.1 Å². The summed E-state index contributed by atoms with van der Waals surface area (Å²) in [4.78, 5) is 31.3. The lowest BCUT2D eigenvalue weighted by Gasteiger charge is -2.16. The van der Waals surface area contributed by atoms with E-state index in [0.717, 1.165) is 12.0 Å². The molecular formula is C23H23FN4O3. The van der Waals surface area contributed by atoms with Gasteiger partial charge in [-0.2, -0.15) is 0 Å². The van der Waals surface area contributed by atoms with Gasteiger partial charge in [-0.15, -0.1) is 0 Å². The zero-order valence-electron chi connectivity index (χ0n) is 17.4. The van der Waals surface area contributed by atoms with Crippen molar-refractivity contribution in [3.05, 3.63) is 86.8 Å². The molecule has 0 aliphatic carbocycles. The Balaban J connectivity index is 1.55. The van der Waals surface area contributed by atoms with Crippen LogP contribution in [0.3, 0.4) is 0 Å². The average Bonchev–Trinajstić information content (AvgIpc) is 3.18. The van der Waals surface area contributed by atoms with E-state index in [0.29, 0.717) is 35.1 Å². The van der Waals surface area contributed by atoms with E-state index in [2.05, 4.69) is 4.98 Å². The van der Waals surface area contributed by atoms with Gasteiger partial charge in [0.05, 0.1) is 29.9 Å². The molecule has 0 radical (unpaired) electrons. The second-order valence-corrected chi connectivity index (χ2v) is 7.54. The molecule has 0 saturated heterocycles. The monoisotopic (exact) mass is 422 g/mol. The molecule has 4 rings (SSSR count).